The molecule has 0 bridgehead atoms. The number of hydrogen-bond donors (Lipinski definition) is 1. The quantitative estimate of drug-likeness (QED) is 0.804. The van der Waals surface area contributed by atoms with Gasteiger partial charge in [-0.05, 0) is 20.3 Å². The largest absolute Gasteiger partial charge is 0.337 e. The van der Waals surface area contributed by atoms with Gasteiger partial charge in [0.1, 0.15) is 0 Å². The molecule has 2 rings (SSSR count). The Labute approximate surface area is 107 Å². The SMILES string of the molecule is Cc1nn(C)c(C)c1C(=O)N1CCC(N)C1.Cl. The summed E-state index contributed by atoms with van der Waals surface area (Å²) in [6.45, 7) is 5.21. The highest BCUT2D eigenvalue weighted by atomic mass is 35.5. The van der Waals surface area contributed by atoms with Crippen molar-refractivity contribution in [3.05, 3.63) is 17.0 Å². The highest BCUT2D eigenvalue weighted by molar-refractivity contribution is 5.96. The van der Waals surface area contributed by atoms with E-state index in [2.05, 4.69) is 5.10 Å². The van der Waals surface area contributed by atoms with Gasteiger partial charge in [0.2, 0.25) is 0 Å². The Bertz CT molecular complexity index is 429. The lowest BCUT2D eigenvalue weighted by Crippen LogP contribution is -2.32. The molecule has 2 N–H and O–H groups in total. The van der Waals surface area contributed by atoms with Crippen molar-refractivity contribution in [3.8, 4) is 0 Å². The molecule has 0 aliphatic carbocycles. The van der Waals surface area contributed by atoms with Crippen molar-refractivity contribution in [2.45, 2.75) is 26.3 Å². The summed E-state index contributed by atoms with van der Waals surface area (Å²) in [5.41, 5.74) is 8.26. The molecule has 1 saturated heterocycles. The number of halogens is 1. The summed E-state index contributed by atoms with van der Waals surface area (Å²) >= 11 is 0. The van der Waals surface area contributed by atoms with Crippen molar-refractivity contribution < 1.29 is 4.79 Å². The molecule has 1 aromatic heterocycles. The van der Waals surface area contributed by atoms with Crippen LogP contribution in [0.15, 0.2) is 0 Å². The third-order valence-corrected chi connectivity index (χ3v) is 3.23. The second kappa shape index (κ2) is 5.06. The van der Waals surface area contributed by atoms with Gasteiger partial charge in [-0.1, -0.05) is 0 Å². The topological polar surface area (TPSA) is 64.2 Å². The molecule has 1 unspecified atom stereocenters. The van der Waals surface area contributed by atoms with Gasteiger partial charge in [-0.3, -0.25) is 9.48 Å². The summed E-state index contributed by atoms with van der Waals surface area (Å²) in [5.74, 6) is 0.0658. The molecular weight excluding hydrogens is 240 g/mol. The molecule has 1 aliphatic rings. The number of amides is 1. The van der Waals surface area contributed by atoms with Gasteiger partial charge in [0.05, 0.1) is 11.3 Å². The van der Waals surface area contributed by atoms with Crippen molar-refractivity contribution >= 4 is 18.3 Å². The Morgan fingerprint density at radius 3 is 2.53 bits per heavy atom. The van der Waals surface area contributed by atoms with Crippen molar-refractivity contribution in [2.75, 3.05) is 13.1 Å². The molecule has 1 atom stereocenters. The fourth-order valence-electron chi connectivity index (χ4n) is 2.21. The average Bonchev–Trinajstić information content (AvgIpc) is 2.73. The summed E-state index contributed by atoms with van der Waals surface area (Å²) < 4.78 is 1.75. The van der Waals surface area contributed by atoms with Gasteiger partial charge in [-0.25, -0.2) is 0 Å². The molecule has 96 valence electrons. The minimum atomic E-state index is 0. The maximum absolute atomic E-state index is 12.3. The molecule has 1 amide bonds. The van der Waals surface area contributed by atoms with Crippen molar-refractivity contribution in [1.29, 1.82) is 0 Å². The zero-order valence-electron chi connectivity index (χ0n) is 10.4. The first kappa shape index (κ1) is 14.0. The van der Waals surface area contributed by atoms with E-state index in [1.165, 1.54) is 0 Å². The van der Waals surface area contributed by atoms with Crippen LogP contribution in [-0.4, -0.2) is 39.7 Å². The predicted octanol–water partition coefficient (Wildman–Crippen LogP) is 0.632. The number of carbonyl (C=O) groups is 1. The first-order chi connectivity index (χ1) is 7.50. The lowest BCUT2D eigenvalue weighted by molar-refractivity contribution is 0.0789. The van der Waals surface area contributed by atoms with E-state index < -0.39 is 0 Å². The predicted molar refractivity (Wildman–Crippen MR) is 68.4 cm³/mol. The Balaban J connectivity index is 0.00000144. The molecular formula is C11H19ClN4O. The minimum Gasteiger partial charge on any atom is -0.337 e. The number of aryl methyl sites for hydroxylation is 2. The second-order valence-corrected chi connectivity index (χ2v) is 4.47. The van der Waals surface area contributed by atoms with Crippen LogP contribution in [-0.2, 0) is 7.05 Å². The fourth-order valence-corrected chi connectivity index (χ4v) is 2.21. The Kier molecular flexibility index (Phi) is 4.16. The van der Waals surface area contributed by atoms with Crippen LogP contribution in [0.4, 0.5) is 0 Å². The van der Waals surface area contributed by atoms with Gasteiger partial charge in [-0.2, -0.15) is 5.10 Å². The molecule has 0 aromatic carbocycles. The average molecular weight is 259 g/mol. The minimum absolute atomic E-state index is 0. The molecule has 17 heavy (non-hydrogen) atoms. The van der Waals surface area contributed by atoms with Gasteiger partial charge in [0.25, 0.3) is 5.91 Å². The number of carbonyl (C=O) groups excluding carboxylic acids is 1. The van der Waals surface area contributed by atoms with Crippen molar-refractivity contribution in [1.82, 2.24) is 14.7 Å². The van der Waals surface area contributed by atoms with Crippen LogP contribution >= 0.6 is 12.4 Å². The first-order valence-corrected chi connectivity index (χ1v) is 5.55. The van der Waals surface area contributed by atoms with E-state index in [1.807, 2.05) is 25.8 Å². The monoisotopic (exact) mass is 258 g/mol. The van der Waals surface area contributed by atoms with E-state index in [9.17, 15) is 4.79 Å². The number of nitrogens with two attached hydrogens (primary N) is 1. The van der Waals surface area contributed by atoms with Crippen LogP contribution < -0.4 is 5.73 Å². The highest BCUT2D eigenvalue weighted by Crippen LogP contribution is 2.17. The highest BCUT2D eigenvalue weighted by Gasteiger charge is 2.28. The fraction of sp³-hybridized carbons (Fsp3) is 0.636. The van der Waals surface area contributed by atoms with Gasteiger partial charge in [0, 0.05) is 31.9 Å². The molecule has 5 nitrogen and oxygen atoms in total. The van der Waals surface area contributed by atoms with Gasteiger partial charge < -0.3 is 10.6 Å². The lowest BCUT2D eigenvalue weighted by Gasteiger charge is -2.15. The third-order valence-electron chi connectivity index (χ3n) is 3.23. The summed E-state index contributed by atoms with van der Waals surface area (Å²) in [5, 5.41) is 4.26. The molecule has 1 aromatic rings. The molecule has 2 heterocycles. The molecule has 0 spiro atoms. The van der Waals surface area contributed by atoms with Gasteiger partial charge in [-0.15, -0.1) is 12.4 Å². The van der Waals surface area contributed by atoms with E-state index in [4.69, 9.17) is 5.73 Å². The summed E-state index contributed by atoms with van der Waals surface area (Å²) in [6.07, 6.45) is 0.893. The standard InChI is InChI=1S/C11H18N4O.ClH/c1-7-10(8(2)14(3)13-7)11(16)15-5-4-9(12)6-15;/h9H,4-6,12H2,1-3H3;1H. The van der Waals surface area contributed by atoms with Crippen LogP contribution in [0.3, 0.4) is 0 Å². The summed E-state index contributed by atoms with van der Waals surface area (Å²) in [6, 6.07) is 0.126. The second-order valence-electron chi connectivity index (χ2n) is 4.47. The van der Waals surface area contributed by atoms with Crippen LogP contribution in [0.2, 0.25) is 0 Å². The summed E-state index contributed by atoms with van der Waals surface area (Å²) in [4.78, 5) is 14.1. The van der Waals surface area contributed by atoms with E-state index >= 15 is 0 Å². The Morgan fingerprint density at radius 1 is 1.47 bits per heavy atom. The Hall–Kier alpha value is -1.07. The zero-order chi connectivity index (χ0) is 11.9. The summed E-state index contributed by atoms with van der Waals surface area (Å²) in [7, 11) is 1.86. The molecule has 0 saturated carbocycles. The molecule has 1 aliphatic heterocycles. The number of nitrogens with zero attached hydrogens (tertiary/aromatic N) is 3. The first-order valence-electron chi connectivity index (χ1n) is 5.55. The zero-order valence-corrected chi connectivity index (χ0v) is 11.3. The maximum Gasteiger partial charge on any atom is 0.257 e. The number of likely N-dealkylation sites (tertiary alicyclic amines) is 1. The molecule has 0 radical (unpaired) electrons. The van der Waals surface area contributed by atoms with Crippen LogP contribution in [0.25, 0.3) is 0 Å². The Morgan fingerprint density at radius 2 is 2.12 bits per heavy atom. The van der Waals surface area contributed by atoms with E-state index in [0.29, 0.717) is 6.54 Å². The van der Waals surface area contributed by atoms with E-state index in [0.717, 1.165) is 29.9 Å². The van der Waals surface area contributed by atoms with Gasteiger partial charge >= 0.3 is 0 Å². The van der Waals surface area contributed by atoms with Crippen LogP contribution in [0.1, 0.15) is 28.2 Å². The van der Waals surface area contributed by atoms with Gasteiger partial charge in [0.15, 0.2) is 0 Å². The number of aromatic nitrogens is 2. The van der Waals surface area contributed by atoms with Crippen molar-refractivity contribution in [3.63, 3.8) is 0 Å². The maximum atomic E-state index is 12.3. The number of rotatable bonds is 1. The normalized spacial score (nSPS) is 19.3. The van der Waals surface area contributed by atoms with Crippen molar-refractivity contribution in [2.24, 2.45) is 12.8 Å². The van der Waals surface area contributed by atoms with Crippen LogP contribution in [0.5, 0.6) is 0 Å². The smallest absolute Gasteiger partial charge is 0.257 e. The lowest BCUT2D eigenvalue weighted by atomic mass is 10.1. The third kappa shape index (κ3) is 2.45. The number of hydrogen-bond acceptors (Lipinski definition) is 3. The van der Waals surface area contributed by atoms with E-state index in [-0.39, 0.29) is 24.4 Å². The van der Waals surface area contributed by atoms with Crippen LogP contribution in [0, 0.1) is 13.8 Å². The molecule has 1 fully saturated rings. The van der Waals surface area contributed by atoms with E-state index in [1.54, 1.807) is 4.68 Å². The molecule has 6 heteroatoms.